The predicted octanol–water partition coefficient (Wildman–Crippen LogP) is 2.55. The second-order valence-corrected chi connectivity index (χ2v) is 12.8. The number of hydrogen-bond donors (Lipinski definition) is 2. The van der Waals surface area contributed by atoms with Gasteiger partial charge in [0.2, 0.25) is 0 Å². The average molecular weight is 597 g/mol. The molecule has 5 rings (SSSR count). The zero-order valence-electron chi connectivity index (χ0n) is 22.5. The van der Waals surface area contributed by atoms with Crippen LogP contribution in [-0.2, 0) is 31.0 Å². The first-order valence-corrected chi connectivity index (χ1v) is 15.7. The second kappa shape index (κ2) is 13.7. The van der Waals surface area contributed by atoms with Gasteiger partial charge >= 0.3 is 22.1 Å². The van der Waals surface area contributed by atoms with Gasteiger partial charge in [-0.05, 0) is 69.8 Å². The summed E-state index contributed by atoms with van der Waals surface area (Å²) in [6, 6.07) is 8.70. The predicted molar refractivity (Wildman–Crippen MR) is 150 cm³/mol. The molecule has 0 bridgehead atoms. The van der Waals surface area contributed by atoms with E-state index in [4.69, 9.17) is 34.3 Å². The third kappa shape index (κ3) is 7.49. The number of carboxylic acids is 2. The van der Waals surface area contributed by atoms with E-state index in [0.717, 1.165) is 47.0 Å². The Kier molecular flexibility index (Phi) is 10.4. The number of morpholine rings is 1. The molecule has 1 aromatic carbocycles. The van der Waals surface area contributed by atoms with Gasteiger partial charge in [0.05, 0.1) is 24.7 Å². The number of rotatable bonds is 8. The molecule has 220 valence electrons. The largest absolute Gasteiger partial charge is 0.494 e. The van der Waals surface area contributed by atoms with Gasteiger partial charge in [-0.15, -0.1) is 11.3 Å². The van der Waals surface area contributed by atoms with Crippen molar-refractivity contribution in [2.45, 2.75) is 45.1 Å². The molecule has 0 aliphatic carbocycles. The molecule has 40 heavy (non-hydrogen) atoms. The smallest absolute Gasteiger partial charge is 0.414 e. The van der Waals surface area contributed by atoms with Crippen molar-refractivity contribution in [1.82, 2.24) is 14.2 Å². The van der Waals surface area contributed by atoms with Crippen molar-refractivity contribution in [3.63, 3.8) is 0 Å². The van der Waals surface area contributed by atoms with Crippen LogP contribution in [0.15, 0.2) is 24.3 Å². The van der Waals surface area contributed by atoms with Crippen molar-refractivity contribution in [1.29, 1.82) is 0 Å². The summed E-state index contributed by atoms with van der Waals surface area (Å²) in [6.45, 7) is 7.45. The van der Waals surface area contributed by atoms with E-state index < -0.39 is 22.1 Å². The summed E-state index contributed by atoms with van der Waals surface area (Å²) < 4.78 is 40.8. The van der Waals surface area contributed by atoms with Crippen molar-refractivity contribution >= 4 is 39.3 Å². The Morgan fingerprint density at radius 2 is 1.77 bits per heavy atom. The third-order valence-electron chi connectivity index (χ3n) is 7.09. The molecule has 1 aromatic heterocycles. The first-order chi connectivity index (χ1) is 19.2. The first kappa shape index (κ1) is 30.2. The molecule has 2 saturated heterocycles. The molecule has 0 saturated carbocycles. The lowest BCUT2D eigenvalue weighted by molar-refractivity contribution is -0.159. The van der Waals surface area contributed by atoms with Gasteiger partial charge in [0.15, 0.2) is 5.82 Å². The summed E-state index contributed by atoms with van der Waals surface area (Å²) in [5, 5.41) is 15.6. The zero-order valence-corrected chi connectivity index (χ0v) is 24.2. The molecule has 4 heterocycles. The van der Waals surface area contributed by atoms with Crippen LogP contribution < -0.4 is 9.04 Å². The number of benzene rings is 1. The van der Waals surface area contributed by atoms with Crippen LogP contribution in [0.5, 0.6) is 5.75 Å². The Balaban J connectivity index is 0.000000557. The van der Waals surface area contributed by atoms with Gasteiger partial charge in [-0.2, -0.15) is 12.7 Å². The maximum absolute atomic E-state index is 13.3. The topological polar surface area (TPSA) is 150 Å². The van der Waals surface area contributed by atoms with Gasteiger partial charge in [-0.3, -0.25) is 0 Å². The quantitative estimate of drug-likeness (QED) is 0.344. The van der Waals surface area contributed by atoms with Gasteiger partial charge in [-0.1, -0.05) is 0 Å². The molecule has 3 aliphatic heterocycles. The molecule has 12 nitrogen and oxygen atoms in total. The number of carbonyl (C=O) groups is 2. The minimum absolute atomic E-state index is 0.393. The highest BCUT2D eigenvalue weighted by Crippen LogP contribution is 2.38. The van der Waals surface area contributed by atoms with Crippen LogP contribution >= 0.6 is 11.3 Å². The number of aromatic nitrogens is 1. The van der Waals surface area contributed by atoms with Crippen molar-refractivity contribution in [2.24, 2.45) is 0 Å². The minimum Gasteiger partial charge on any atom is -0.494 e. The van der Waals surface area contributed by atoms with E-state index in [0.29, 0.717) is 51.3 Å². The minimum atomic E-state index is -3.59. The lowest BCUT2D eigenvalue weighted by Gasteiger charge is -2.34. The molecular weight excluding hydrogens is 560 g/mol. The molecule has 0 radical (unpaired) electrons. The highest BCUT2D eigenvalue weighted by atomic mass is 32.2. The van der Waals surface area contributed by atoms with Crippen LogP contribution in [0.3, 0.4) is 0 Å². The van der Waals surface area contributed by atoms with Crippen LogP contribution in [0.4, 0.5) is 5.82 Å². The third-order valence-corrected chi connectivity index (χ3v) is 10.2. The maximum atomic E-state index is 13.3. The van der Waals surface area contributed by atoms with Crippen molar-refractivity contribution in [3.05, 3.63) is 29.1 Å². The molecular formula is C26H36N4O8S2. The number of hydrogen-bond acceptors (Lipinski definition) is 9. The van der Waals surface area contributed by atoms with Gasteiger partial charge in [-0.25, -0.2) is 18.9 Å². The number of nitrogens with zero attached hydrogens (tertiary/aromatic N) is 4. The van der Waals surface area contributed by atoms with Crippen LogP contribution in [-0.4, -0.2) is 103 Å². The van der Waals surface area contributed by atoms with Gasteiger partial charge in [0.25, 0.3) is 0 Å². The second-order valence-electron chi connectivity index (χ2n) is 9.82. The van der Waals surface area contributed by atoms with E-state index in [1.165, 1.54) is 28.0 Å². The Labute approximate surface area is 238 Å². The number of ether oxygens (including phenoxy) is 2. The van der Waals surface area contributed by atoms with Gasteiger partial charge in [0, 0.05) is 37.8 Å². The lowest BCUT2D eigenvalue weighted by atomic mass is 10.2. The highest BCUT2D eigenvalue weighted by Gasteiger charge is 2.36. The van der Waals surface area contributed by atoms with Crippen molar-refractivity contribution in [2.75, 3.05) is 56.8 Å². The van der Waals surface area contributed by atoms with Crippen molar-refractivity contribution < 1.29 is 37.7 Å². The average Bonchev–Trinajstić information content (AvgIpc) is 3.58. The molecule has 2 fully saturated rings. The Morgan fingerprint density at radius 3 is 2.40 bits per heavy atom. The highest BCUT2D eigenvalue weighted by molar-refractivity contribution is 7.90. The number of carboxylic acid groups (broad SMARTS) is 2. The van der Waals surface area contributed by atoms with Crippen molar-refractivity contribution in [3.8, 4) is 16.3 Å². The van der Waals surface area contributed by atoms with E-state index in [9.17, 15) is 8.42 Å². The van der Waals surface area contributed by atoms with E-state index >= 15 is 0 Å². The fourth-order valence-electron chi connectivity index (χ4n) is 4.93. The summed E-state index contributed by atoms with van der Waals surface area (Å²) in [5.74, 6) is -2.20. The first-order valence-electron chi connectivity index (χ1n) is 13.5. The standard InChI is InChI=1S/C24H34N4O4S2.C2H2O4/c1-19-5-2-11-26(19)12-4-16-32-21-9-7-20(8-10-21)24-25-23-22(33-24)6-3-13-28(23)34(29,30)27-14-17-31-18-15-27;3-1(4)2(5)6/h7-10,19H,2-6,11-18H2,1H3;(H,3,4)(H,5,6). The molecule has 2 aromatic rings. The Bertz CT molecular complexity index is 1250. The summed E-state index contributed by atoms with van der Waals surface area (Å²) in [6.07, 6.45) is 5.30. The molecule has 1 atom stereocenters. The summed E-state index contributed by atoms with van der Waals surface area (Å²) in [7, 11) is -3.59. The number of anilines is 1. The summed E-state index contributed by atoms with van der Waals surface area (Å²) in [4.78, 5) is 26.6. The van der Waals surface area contributed by atoms with Crippen LogP contribution in [0, 0.1) is 0 Å². The van der Waals surface area contributed by atoms with Gasteiger partial charge < -0.3 is 24.6 Å². The van der Waals surface area contributed by atoms with E-state index in [2.05, 4.69) is 11.8 Å². The van der Waals surface area contributed by atoms with Gasteiger partial charge in [0.1, 0.15) is 10.8 Å². The fraction of sp³-hybridized carbons (Fsp3) is 0.577. The van der Waals surface area contributed by atoms with Crippen LogP contribution in [0.1, 0.15) is 37.5 Å². The normalized spacial score (nSPS) is 19.9. The van der Waals surface area contributed by atoms with E-state index in [1.54, 1.807) is 11.3 Å². The molecule has 0 amide bonds. The Morgan fingerprint density at radius 1 is 1.07 bits per heavy atom. The number of likely N-dealkylation sites (tertiary alicyclic amines) is 1. The van der Waals surface area contributed by atoms with E-state index in [1.807, 2.05) is 24.3 Å². The number of aryl methyl sites for hydroxylation is 1. The molecule has 3 aliphatic rings. The monoisotopic (exact) mass is 596 g/mol. The summed E-state index contributed by atoms with van der Waals surface area (Å²) >= 11 is 1.59. The zero-order chi connectivity index (χ0) is 28.7. The van der Waals surface area contributed by atoms with Crippen LogP contribution in [0.25, 0.3) is 10.6 Å². The summed E-state index contributed by atoms with van der Waals surface area (Å²) in [5.41, 5.74) is 0.987. The molecule has 1 unspecified atom stereocenters. The SMILES string of the molecule is CC1CCCN1CCCOc1ccc(-c2nc3c(s2)CCCN3S(=O)(=O)N2CCOCC2)cc1.O=C(O)C(=O)O. The van der Waals surface area contributed by atoms with Crippen LogP contribution in [0.2, 0.25) is 0 Å². The number of aliphatic carboxylic acids is 2. The number of fused-ring (bicyclic) bond motifs is 1. The number of thiazole rings is 1. The lowest BCUT2D eigenvalue weighted by Crippen LogP contribution is -2.50. The molecule has 2 N–H and O–H groups in total. The fourth-order valence-corrected chi connectivity index (χ4v) is 7.72. The van der Waals surface area contributed by atoms with E-state index in [-0.39, 0.29) is 0 Å². The maximum Gasteiger partial charge on any atom is 0.414 e. The molecule has 0 spiro atoms. The Hall–Kier alpha value is -2.78. The molecule has 14 heteroatoms.